The quantitative estimate of drug-likeness (QED) is 0.669. The van der Waals surface area contributed by atoms with Crippen molar-refractivity contribution in [2.24, 2.45) is 0 Å². The maximum Gasteiger partial charge on any atom is 0.410 e. The number of amides is 1. The number of hydrogen-bond donors (Lipinski definition) is 0. The summed E-state index contributed by atoms with van der Waals surface area (Å²) in [5, 5.41) is 0. The van der Waals surface area contributed by atoms with Gasteiger partial charge < -0.3 is 9.64 Å². The molecule has 0 spiro atoms. The van der Waals surface area contributed by atoms with Crippen LogP contribution in [-0.2, 0) is 4.74 Å². The smallest absolute Gasteiger partial charge is 0.410 e. The maximum atomic E-state index is 11.8. The number of carbonyl (C=O) groups is 1. The Morgan fingerprint density at radius 3 is 2.44 bits per heavy atom. The lowest BCUT2D eigenvalue weighted by molar-refractivity contribution is 0.0274. The monoisotopic (exact) mass is 248 g/mol. The van der Waals surface area contributed by atoms with E-state index in [0.29, 0.717) is 13.1 Å². The SMILES string of the molecule is CN(Cl)C1(C)CCN(C(=O)OC(C)(C)C)C1. The molecule has 0 saturated carbocycles. The molecule has 0 bridgehead atoms. The lowest BCUT2D eigenvalue weighted by Crippen LogP contribution is -2.43. The van der Waals surface area contributed by atoms with E-state index >= 15 is 0 Å². The minimum absolute atomic E-state index is 0.154. The molecule has 5 heteroatoms. The van der Waals surface area contributed by atoms with Crippen LogP contribution in [0.4, 0.5) is 4.79 Å². The summed E-state index contributed by atoms with van der Waals surface area (Å²) in [5.41, 5.74) is -0.596. The van der Waals surface area contributed by atoms with Crippen molar-refractivity contribution in [1.82, 2.24) is 9.32 Å². The third-order valence-corrected chi connectivity index (χ3v) is 3.26. The number of nitrogens with zero attached hydrogens (tertiary/aromatic N) is 2. The van der Waals surface area contributed by atoms with Crippen molar-refractivity contribution < 1.29 is 9.53 Å². The minimum atomic E-state index is -0.442. The van der Waals surface area contributed by atoms with Crippen LogP contribution in [0.25, 0.3) is 0 Å². The molecule has 1 heterocycles. The molecule has 0 aromatic heterocycles. The van der Waals surface area contributed by atoms with Crippen molar-refractivity contribution in [2.75, 3.05) is 20.1 Å². The summed E-state index contributed by atoms with van der Waals surface area (Å²) < 4.78 is 6.97. The van der Waals surface area contributed by atoms with Gasteiger partial charge in [-0.3, -0.25) is 0 Å². The number of rotatable bonds is 1. The molecule has 0 aromatic rings. The van der Waals surface area contributed by atoms with Crippen LogP contribution in [0.1, 0.15) is 34.1 Å². The molecule has 1 rings (SSSR count). The van der Waals surface area contributed by atoms with Gasteiger partial charge in [-0.25, -0.2) is 9.21 Å². The van der Waals surface area contributed by atoms with E-state index in [4.69, 9.17) is 16.5 Å². The van der Waals surface area contributed by atoms with E-state index < -0.39 is 5.60 Å². The van der Waals surface area contributed by atoms with E-state index in [1.807, 2.05) is 34.7 Å². The Morgan fingerprint density at radius 2 is 2.06 bits per heavy atom. The molecule has 1 fully saturated rings. The zero-order valence-corrected chi connectivity index (χ0v) is 11.5. The Bertz CT molecular complexity index is 276. The number of carbonyl (C=O) groups excluding carboxylic acids is 1. The Hall–Kier alpha value is -0.480. The van der Waals surface area contributed by atoms with Crippen molar-refractivity contribution in [3.63, 3.8) is 0 Å². The Kier molecular flexibility index (Phi) is 3.75. The van der Waals surface area contributed by atoms with E-state index in [2.05, 4.69) is 0 Å². The van der Waals surface area contributed by atoms with Gasteiger partial charge in [-0.05, 0) is 45.9 Å². The first-order chi connectivity index (χ1) is 7.14. The highest BCUT2D eigenvalue weighted by Gasteiger charge is 2.40. The molecule has 16 heavy (non-hydrogen) atoms. The number of likely N-dealkylation sites (N-methyl/N-ethyl adjacent to an activating group) is 1. The third-order valence-electron chi connectivity index (χ3n) is 2.85. The van der Waals surface area contributed by atoms with Gasteiger partial charge in [-0.1, -0.05) is 0 Å². The second kappa shape index (κ2) is 4.41. The fraction of sp³-hybridized carbons (Fsp3) is 0.909. The van der Waals surface area contributed by atoms with Crippen LogP contribution < -0.4 is 0 Å². The molecule has 1 unspecified atom stereocenters. The van der Waals surface area contributed by atoms with Gasteiger partial charge in [0.2, 0.25) is 0 Å². The molecule has 1 saturated heterocycles. The van der Waals surface area contributed by atoms with Crippen LogP contribution in [0.15, 0.2) is 0 Å². The van der Waals surface area contributed by atoms with Gasteiger partial charge in [0.05, 0.1) is 5.54 Å². The standard InChI is InChI=1S/C11H21ClN2O2/c1-10(2,3)16-9(15)14-7-6-11(4,8-14)13(5)12/h6-8H2,1-5H3. The molecule has 0 aliphatic carbocycles. The summed E-state index contributed by atoms with van der Waals surface area (Å²) >= 11 is 5.98. The van der Waals surface area contributed by atoms with Crippen LogP contribution in [0.3, 0.4) is 0 Å². The average Bonchev–Trinajstić information content (AvgIpc) is 2.46. The molecule has 4 nitrogen and oxygen atoms in total. The first-order valence-electron chi connectivity index (χ1n) is 5.52. The highest BCUT2D eigenvalue weighted by atomic mass is 35.5. The summed E-state index contributed by atoms with van der Waals surface area (Å²) in [7, 11) is 1.82. The third kappa shape index (κ3) is 3.25. The molecule has 0 radical (unpaired) electrons. The Labute approximate surface area is 103 Å². The van der Waals surface area contributed by atoms with Crippen molar-refractivity contribution in [3.8, 4) is 0 Å². The highest BCUT2D eigenvalue weighted by molar-refractivity contribution is 6.13. The fourth-order valence-electron chi connectivity index (χ4n) is 1.68. The molecule has 1 aliphatic rings. The molecule has 1 atom stereocenters. The predicted molar refractivity (Wildman–Crippen MR) is 64.4 cm³/mol. The van der Waals surface area contributed by atoms with Crippen LogP contribution in [0, 0.1) is 0 Å². The van der Waals surface area contributed by atoms with E-state index in [-0.39, 0.29) is 11.6 Å². The Morgan fingerprint density at radius 1 is 1.50 bits per heavy atom. The van der Waals surface area contributed by atoms with Crippen LogP contribution >= 0.6 is 11.8 Å². The van der Waals surface area contributed by atoms with E-state index in [0.717, 1.165) is 6.42 Å². The molecular formula is C11H21ClN2O2. The molecule has 1 aliphatic heterocycles. The number of likely N-dealkylation sites (tertiary alicyclic amines) is 1. The predicted octanol–water partition coefficient (Wildman–Crippen LogP) is 2.47. The van der Waals surface area contributed by atoms with Crippen LogP contribution in [0.2, 0.25) is 0 Å². The van der Waals surface area contributed by atoms with Crippen LogP contribution in [0.5, 0.6) is 0 Å². The lowest BCUT2D eigenvalue weighted by Gasteiger charge is -2.30. The van der Waals surface area contributed by atoms with Gasteiger partial charge in [-0.2, -0.15) is 0 Å². The van der Waals surface area contributed by atoms with Gasteiger partial charge in [0, 0.05) is 20.1 Å². The summed E-state index contributed by atoms with van der Waals surface area (Å²) in [6.07, 6.45) is 0.612. The van der Waals surface area contributed by atoms with Gasteiger partial charge in [0.15, 0.2) is 0 Å². The number of hydrogen-bond acceptors (Lipinski definition) is 3. The Balaban J connectivity index is 2.57. The number of ether oxygens (including phenoxy) is 1. The largest absolute Gasteiger partial charge is 0.444 e. The zero-order chi connectivity index (χ0) is 12.6. The first kappa shape index (κ1) is 13.6. The molecule has 0 aromatic carbocycles. The summed E-state index contributed by atoms with van der Waals surface area (Å²) in [5.74, 6) is 0. The van der Waals surface area contributed by atoms with Crippen molar-refractivity contribution in [2.45, 2.75) is 45.3 Å². The molecular weight excluding hydrogens is 228 g/mol. The summed E-state index contributed by atoms with van der Waals surface area (Å²) in [6.45, 7) is 8.96. The van der Waals surface area contributed by atoms with E-state index in [1.165, 1.54) is 0 Å². The molecule has 1 amide bonds. The lowest BCUT2D eigenvalue weighted by atomic mass is 10.0. The van der Waals surface area contributed by atoms with E-state index in [9.17, 15) is 4.79 Å². The van der Waals surface area contributed by atoms with Gasteiger partial charge in [0.1, 0.15) is 5.60 Å². The van der Waals surface area contributed by atoms with Crippen molar-refractivity contribution >= 4 is 17.9 Å². The van der Waals surface area contributed by atoms with E-state index in [1.54, 1.807) is 9.32 Å². The average molecular weight is 249 g/mol. The molecule has 94 valence electrons. The topological polar surface area (TPSA) is 32.8 Å². The summed E-state index contributed by atoms with van der Waals surface area (Å²) in [6, 6.07) is 0. The van der Waals surface area contributed by atoms with Crippen LogP contribution in [-0.4, -0.2) is 46.7 Å². The summed E-state index contributed by atoms with van der Waals surface area (Å²) in [4.78, 5) is 13.5. The number of halogens is 1. The molecule has 0 N–H and O–H groups in total. The van der Waals surface area contributed by atoms with Gasteiger partial charge >= 0.3 is 6.09 Å². The second-order valence-electron chi connectivity index (χ2n) is 5.63. The fourth-order valence-corrected chi connectivity index (χ4v) is 1.82. The maximum absolute atomic E-state index is 11.8. The van der Waals surface area contributed by atoms with Crippen molar-refractivity contribution in [3.05, 3.63) is 0 Å². The minimum Gasteiger partial charge on any atom is -0.444 e. The highest BCUT2D eigenvalue weighted by Crippen LogP contribution is 2.28. The van der Waals surface area contributed by atoms with Gasteiger partial charge in [0.25, 0.3) is 0 Å². The normalized spacial score (nSPS) is 26.3. The first-order valence-corrected chi connectivity index (χ1v) is 5.85. The second-order valence-corrected chi connectivity index (χ2v) is 6.13. The van der Waals surface area contributed by atoms with Gasteiger partial charge in [-0.15, -0.1) is 0 Å². The zero-order valence-electron chi connectivity index (χ0n) is 10.7. The van der Waals surface area contributed by atoms with Crippen molar-refractivity contribution in [1.29, 1.82) is 0 Å².